The molecule has 0 bridgehead atoms. The number of aliphatic carboxylic acids is 3. The van der Waals surface area contributed by atoms with Crippen molar-refractivity contribution >= 4 is 54.3 Å². The van der Waals surface area contributed by atoms with Crippen LogP contribution >= 0.6 is 0 Å². The fraction of sp³-hybridized carbons (Fsp3) is 0.400. The first-order valence-corrected chi connectivity index (χ1v) is 8.07. The number of ether oxygens (including phenoxy) is 6. The van der Waals surface area contributed by atoms with Crippen LogP contribution in [0.1, 0.15) is 4.28 Å². The van der Waals surface area contributed by atoms with E-state index in [-0.39, 0.29) is 93.0 Å². The molecule has 0 aromatic carbocycles. The van der Waals surface area contributed by atoms with Gasteiger partial charge in [0.2, 0.25) is 0 Å². The molecule has 39 heavy (non-hydrogen) atoms. The molecular formula is C15H21Na3O21. The standard InChI is InChI=1S/3C5H6O7.3Na.3H/c3*1-11-2(3(6)7)4(8)12-5(9)10;;;;;;/h3*2H,1H3,(H,6,7)(H,9,10);;;;;;/q;;;3*+1;3*-1. The third kappa shape index (κ3) is 26.1. The van der Waals surface area contributed by atoms with Gasteiger partial charge < -0.3 is 63.3 Å². The number of rotatable bonds is 9. The minimum atomic E-state index is -1.90. The molecule has 3 atom stereocenters. The minimum Gasteiger partial charge on any atom is -1.00 e. The second kappa shape index (κ2) is 27.7. The molecule has 0 fully saturated rings. The van der Waals surface area contributed by atoms with Crippen LogP contribution in [0.4, 0.5) is 14.4 Å². The van der Waals surface area contributed by atoms with Crippen LogP contribution in [0.5, 0.6) is 0 Å². The molecule has 0 saturated heterocycles. The summed E-state index contributed by atoms with van der Waals surface area (Å²) in [6, 6.07) is 0. The van der Waals surface area contributed by atoms with Crippen molar-refractivity contribution in [3.63, 3.8) is 0 Å². The molecule has 0 aliphatic heterocycles. The average Bonchev–Trinajstić information content (AvgIpc) is 2.67. The summed E-state index contributed by atoms with van der Waals surface area (Å²) >= 11 is 0. The Morgan fingerprint density at radius 1 is 0.436 bits per heavy atom. The van der Waals surface area contributed by atoms with Crippen molar-refractivity contribution in [3.8, 4) is 0 Å². The van der Waals surface area contributed by atoms with Crippen LogP contribution in [-0.2, 0) is 57.2 Å². The summed E-state index contributed by atoms with van der Waals surface area (Å²) in [7, 11) is 2.84. The molecule has 0 aromatic rings. The maximum Gasteiger partial charge on any atom is 1.00 e. The van der Waals surface area contributed by atoms with E-state index in [4.69, 9.17) is 30.6 Å². The smallest absolute Gasteiger partial charge is 1.00 e. The van der Waals surface area contributed by atoms with Gasteiger partial charge in [-0.25, -0.2) is 43.2 Å². The van der Waals surface area contributed by atoms with E-state index < -0.39 is 72.6 Å². The third-order valence-electron chi connectivity index (χ3n) is 2.59. The normalized spacial score (nSPS) is 10.8. The van der Waals surface area contributed by atoms with Crippen LogP contribution in [0, 0.1) is 0 Å². The fourth-order valence-corrected chi connectivity index (χ4v) is 1.31. The van der Waals surface area contributed by atoms with E-state index in [0.29, 0.717) is 0 Å². The average molecular weight is 606 g/mol. The molecule has 0 rings (SSSR count). The van der Waals surface area contributed by atoms with E-state index >= 15 is 0 Å². The maximum absolute atomic E-state index is 10.5. The molecule has 24 heteroatoms. The molecule has 0 aromatic heterocycles. The molecule has 0 spiro atoms. The molecule has 210 valence electrons. The first-order chi connectivity index (χ1) is 16.5. The van der Waals surface area contributed by atoms with Crippen LogP contribution in [0.3, 0.4) is 0 Å². The van der Waals surface area contributed by atoms with E-state index in [9.17, 15) is 43.2 Å². The van der Waals surface area contributed by atoms with E-state index in [1.54, 1.807) is 0 Å². The molecule has 0 aliphatic carbocycles. The molecule has 6 N–H and O–H groups in total. The summed E-state index contributed by atoms with van der Waals surface area (Å²) in [5.74, 6) is -9.25. The van der Waals surface area contributed by atoms with Crippen LogP contribution < -0.4 is 88.7 Å². The largest absolute Gasteiger partial charge is 1.00 e. The van der Waals surface area contributed by atoms with Gasteiger partial charge in [-0.3, -0.25) is 0 Å². The number of carbonyl (C=O) groups is 9. The Bertz CT molecular complexity index is 764. The van der Waals surface area contributed by atoms with Gasteiger partial charge in [0.25, 0.3) is 18.3 Å². The van der Waals surface area contributed by atoms with Gasteiger partial charge in [0, 0.05) is 21.3 Å². The Hall–Kier alpha value is -1.89. The first-order valence-electron chi connectivity index (χ1n) is 8.07. The van der Waals surface area contributed by atoms with Gasteiger partial charge in [-0.15, -0.1) is 0 Å². The second-order valence-electron chi connectivity index (χ2n) is 4.92. The van der Waals surface area contributed by atoms with Gasteiger partial charge in [0.05, 0.1) is 0 Å². The molecule has 0 saturated carbocycles. The summed E-state index contributed by atoms with van der Waals surface area (Å²) < 4.78 is 23.0. The van der Waals surface area contributed by atoms with Gasteiger partial charge in [0.1, 0.15) is 0 Å². The van der Waals surface area contributed by atoms with Gasteiger partial charge >= 0.3 is 143 Å². The zero-order valence-electron chi connectivity index (χ0n) is 24.0. The Labute approximate surface area is 286 Å². The minimum absolute atomic E-state index is 0. The number of carbonyl (C=O) groups excluding carboxylic acids is 3. The van der Waals surface area contributed by atoms with Gasteiger partial charge in [-0.2, -0.15) is 0 Å². The number of carboxylic acid groups (broad SMARTS) is 6. The Morgan fingerprint density at radius 2 is 0.590 bits per heavy atom. The topological polar surface area (TPSA) is 330 Å². The summed E-state index contributed by atoms with van der Waals surface area (Å²) in [6.45, 7) is 0. The van der Waals surface area contributed by atoms with Crippen LogP contribution in [0.15, 0.2) is 0 Å². The quantitative estimate of drug-likeness (QED) is 0.0614. The SMILES string of the molecule is COC(C(=O)O)C(=O)OC(=O)O.COC(C(=O)O)C(=O)OC(=O)O.COC(C(=O)O)C(=O)OC(=O)O.[H-].[H-].[H-].[Na+].[Na+].[Na+]. The predicted octanol–water partition coefficient (Wildman–Crippen LogP) is -10.7. The maximum atomic E-state index is 10.5. The molecule has 0 heterocycles. The van der Waals surface area contributed by atoms with Crippen molar-refractivity contribution in [1.29, 1.82) is 0 Å². The van der Waals surface area contributed by atoms with Crippen LogP contribution in [0.2, 0.25) is 0 Å². The summed E-state index contributed by atoms with van der Waals surface area (Å²) in [6.07, 6.45) is -11.3. The number of hydrogen-bond donors (Lipinski definition) is 6. The Kier molecular flexibility index (Phi) is 35.5. The third-order valence-corrected chi connectivity index (χ3v) is 2.59. The van der Waals surface area contributed by atoms with Crippen molar-refractivity contribution in [2.75, 3.05) is 21.3 Å². The summed E-state index contributed by atoms with van der Waals surface area (Å²) in [4.78, 5) is 91.2. The van der Waals surface area contributed by atoms with Crippen molar-refractivity contribution in [3.05, 3.63) is 0 Å². The van der Waals surface area contributed by atoms with Crippen molar-refractivity contribution in [1.82, 2.24) is 0 Å². The molecule has 0 amide bonds. The van der Waals surface area contributed by atoms with Crippen molar-refractivity contribution in [2.45, 2.75) is 18.3 Å². The number of esters is 3. The Morgan fingerprint density at radius 3 is 0.667 bits per heavy atom. The fourth-order valence-electron chi connectivity index (χ4n) is 1.31. The van der Waals surface area contributed by atoms with Gasteiger partial charge in [0.15, 0.2) is 0 Å². The Balaban J connectivity index is -0.0000000519. The zero-order chi connectivity index (χ0) is 29.2. The number of carboxylic acids is 3. The summed E-state index contributed by atoms with van der Waals surface area (Å²) in [5, 5.41) is 48.5. The second-order valence-corrected chi connectivity index (χ2v) is 4.92. The monoisotopic (exact) mass is 606 g/mol. The van der Waals surface area contributed by atoms with E-state index in [2.05, 4.69) is 28.4 Å². The van der Waals surface area contributed by atoms with Gasteiger partial charge in [-0.05, 0) is 0 Å². The number of hydrogen-bond acceptors (Lipinski definition) is 15. The van der Waals surface area contributed by atoms with E-state index in [1.807, 2.05) is 0 Å². The van der Waals surface area contributed by atoms with Crippen molar-refractivity contribution < 1.29 is 195 Å². The van der Waals surface area contributed by atoms with Crippen molar-refractivity contribution in [2.24, 2.45) is 0 Å². The predicted molar refractivity (Wildman–Crippen MR) is 101 cm³/mol. The van der Waals surface area contributed by atoms with E-state index in [1.165, 1.54) is 0 Å². The number of methoxy groups -OCH3 is 3. The zero-order valence-corrected chi connectivity index (χ0v) is 27.0. The van der Waals surface area contributed by atoms with Crippen LogP contribution in [0.25, 0.3) is 0 Å². The van der Waals surface area contributed by atoms with Crippen LogP contribution in [-0.4, -0.2) is 125 Å². The molecule has 21 nitrogen and oxygen atoms in total. The first kappa shape index (κ1) is 50.0. The molecular weight excluding hydrogens is 585 g/mol. The molecule has 0 aliphatic rings. The molecule has 3 unspecified atom stereocenters. The van der Waals surface area contributed by atoms with Gasteiger partial charge in [-0.1, -0.05) is 0 Å². The molecule has 0 radical (unpaired) electrons. The summed E-state index contributed by atoms with van der Waals surface area (Å²) in [5.41, 5.74) is 0. The van der Waals surface area contributed by atoms with E-state index in [0.717, 1.165) is 21.3 Å².